The van der Waals surface area contributed by atoms with E-state index in [1.54, 1.807) is 0 Å². The largest absolute Gasteiger partial charge is 0.466 e. The molecule has 1 spiro atoms. The standard InChI is InChI=1S/C11H18O2/c1-3-13-10(12)9-8(2)11(9)6-4-5-7-11/h8-9H,3-7H2,1-2H3. The molecule has 2 nitrogen and oxygen atoms in total. The molecule has 0 radical (unpaired) electrons. The highest BCUT2D eigenvalue weighted by Gasteiger charge is 2.66. The molecule has 0 saturated heterocycles. The molecule has 0 aromatic rings. The predicted molar refractivity (Wildman–Crippen MR) is 50.2 cm³/mol. The lowest BCUT2D eigenvalue weighted by atomic mass is 10.0. The van der Waals surface area contributed by atoms with Crippen LogP contribution in [0.3, 0.4) is 0 Å². The molecule has 2 unspecified atom stereocenters. The summed E-state index contributed by atoms with van der Waals surface area (Å²) < 4.78 is 5.08. The zero-order chi connectivity index (χ0) is 9.47. The lowest BCUT2D eigenvalue weighted by molar-refractivity contribution is -0.145. The molecule has 2 aliphatic carbocycles. The Bertz CT molecular complexity index is 216. The Hall–Kier alpha value is -0.530. The molecule has 2 heteroatoms. The number of hydrogen-bond donors (Lipinski definition) is 0. The van der Waals surface area contributed by atoms with Crippen LogP contribution in [0, 0.1) is 17.3 Å². The zero-order valence-electron chi connectivity index (χ0n) is 8.51. The van der Waals surface area contributed by atoms with E-state index in [0.717, 1.165) is 0 Å². The van der Waals surface area contributed by atoms with Crippen LogP contribution in [0.4, 0.5) is 0 Å². The normalized spacial score (nSPS) is 34.9. The maximum Gasteiger partial charge on any atom is 0.309 e. The van der Waals surface area contributed by atoms with Gasteiger partial charge in [-0.25, -0.2) is 0 Å². The van der Waals surface area contributed by atoms with E-state index >= 15 is 0 Å². The zero-order valence-corrected chi connectivity index (χ0v) is 8.51. The molecule has 0 bridgehead atoms. The van der Waals surface area contributed by atoms with Crippen LogP contribution in [0.15, 0.2) is 0 Å². The average Bonchev–Trinajstić information content (AvgIpc) is 2.48. The van der Waals surface area contributed by atoms with Gasteiger partial charge in [0.1, 0.15) is 0 Å². The molecule has 2 fully saturated rings. The van der Waals surface area contributed by atoms with Crippen molar-refractivity contribution in [1.29, 1.82) is 0 Å². The van der Waals surface area contributed by atoms with Crippen molar-refractivity contribution in [2.45, 2.75) is 39.5 Å². The molecule has 0 N–H and O–H groups in total. The first-order chi connectivity index (χ1) is 6.22. The van der Waals surface area contributed by atoms with Crippen molar-refractivity contribution in [3.8, 4) is 0 Å². The fraction of sp³-hybridized carbons (Fsp3) is 0.909. The van der Waals surface area contributed by atoms with Gasteiger partial charge in [-0.3, -0.25) is 4.79 Å². The fourth-order valence-corrected chi connectivity index (χ4v) is 3.17. The summed E-state index contributed by atoms with van der Waals surface area (Å²) in [5.74, 6) is 0.862. The van der Waals surface area contributed by atoms with Crippen LogP contribution >= 0.6 is 0 Å². The molecule has 2 atom stereocenters. The summed E-state index contributed by atoms with van der Waals surface area (Å²) in [5.41, 5.74) is 0.367. The highest BCUT2D eigenvalue weighted by Crippen LogP contribution is 2.67. The lowest BCUT2D eigenvalue weighted by Crippen LogP contribution is -2.11. The summed E-state index contributed by atoms with van der Waals surface area (Å²) >= 11 is 0. The minimum atomic E-state index is 0.0527. The van der Waals surface area contributed by atoms with Gasteiger partial charge >= 0.3 is 5.97 Å². The molecule has 2 saturated carbocycles. The number of rotatable bonds is 2. The van der Waals surface area contributed by atoms with Crippen LogP contribution < -0.4 is 0 Å². The van der Waals surface area contributed by atoms with E-state index in [9.17, 15) is 4.79 Å². The van der Waals surface area contributed by atoms with Crippen LogP contribution in [-0.2, 0) is 9.53 Å². The Balaban J connectivity index is 1.99. The second kappa shape index (κ2) is 3.00. The SMILES string of the molecule is CCOC(=O)C1C(C)C12CCCC2. The second-order valence-corrected chi connectivity index (χ2v) is 4.46. The third-order valence-corrected chi connectivity index (χ3v) is 3.99. The van der Waals surface area contributed by atoms with Gasteiger partial charge in [0, 0.05) is 0 Å². The van der Waals surface area contributed by atoms with E-state index < -0.39 is 0 Å². The van der Waals surface area contributed by atoms with E-state index in [0.29, 0.717) is 17.9 Å². The molecule has 0 aromatic heterocycles. The summed E-state index contributed by atoms with van der Waals surface area (Å²) in [7, 11) is 0. The number of hydrogen-bond acceptors (Lipinski definition) is 2. The van der Waals surface area contributed by atoms with Gasteiger partial charge in [-0.05, 0) is 31.1 Å². The maximum atomic E-state index is 11.6. The van der Waals surface area contributed by atoms with E-state index in [4.69, 9.17) is 4.74 Å². The van der Waals surface area contributed by atoms with Crippen LogP contribution in [0.1, 0.15) is 39.5 Å². The monoisotopic (exact) mass is 182 g/mol. The summed E-state index contributed by atoms with van der Waals surface area (Å²) in [5, 5.41) is 0. The van der Waals surface area contributed by atoms with Crippen LogP contribution in [0.5, 0.6) is 0 Å². The Morgan fingerprint density at radius 1 is 1.46 bits per heavy atom. The topological polar surface area (TPSA) is 26.3 Å². The van der Waals surface area contributed by atoms with Gasteiger partial charge in [0.05, 0.1) is 12.5 Å². The van der Waals surface area contributed by atoms with Gasteiger partial charge in [-0.1, -0.05) is 19.8 Å². The van der Waals surface area contributed by atoms with Crippen molar-refractivity contribution in [3.05, 3.63) is 0 Å². The maximum absolute atomic E-state index is 11.6. The first-order valence-corrected chi connectivity index (χ1v) is 5.39. The highest BCUT2D eigenvalue weighted by atomic mass is 16.5. The van der Waals surface area contributed by atoms with Gasteiger partial charge in [-0.15, -0.1) is 0 Å². The van der Waals surface area contributed by atoms with Crippen LogP contribution in [0.2, 0.25) is 0 Å². The van der Waals surface area contributed by atoms with Gasteiger partial charge in [0.15, 0.2) is 0 Å². The molecule has 0 aliphatic heterocycles. The van der Waals surface area contributed by atoms with E-state index in [-0.39, 0.29) is 11.9 Å². The van der Waals surface area contributed by atoms with Gasteiger partial charge < -0.3 is 4.74 Å². The summed E-state index contributed by atoms with van der Waals surface area (Å²) in [6.45, 7) is 4.61. The molecule has 74 valence electrons. The van der Waals surface area contributed by atoms with E-state index in [2.05, 4.69) is 6.92 Å². The number of carbonyl (C=O) groups excluding carboxylic acids is 1. The summed E-state index contributed by atoms with van der Waals surface area (Å²) in [6.07, 6.45) is 5.11. The quantitative estimate of drug-likeness (QED) is 0.613. The molecular formula is C11H18O2. The smallest absolute Gasteiger partial charge is 0.309 e. The van der Waals surface area contributed by atoms with E-state index in [1.807, 2.05) is 6.92 Å². The van der Waals surface area contributed by atoms with Gasteiger partial charge in [0.25, 0.3) is 0 Å². The third kappa shape index (κ3) is 1.18. The Morgan fingerprint density at radius 3 is 2.62 bits per heavy atom. The molecule has 0 heterocycles. The summed E-state index contributed by atoms with van der Waals surface area (Å²) in [6, 6.07) is 0. The van der Waals surface area contributed by atoms with E-state index in [1.165, 1.54) is 25.7 Å². The Kier molecular flexibility index (Phi) is 2.09. The van der Waals surface area contributed by atoms with Gasteiger partial charge in [0.2, 0.25) is 0 Å². The molecule has 2 aliphatic rings. The van der Waals surface area contributed by atoms with Crippen molar-refractivity contribution in [1.82, 2.24) is 0 Å². The highest BCUT2D eigenvalue weighted by molar-refractivity contribution is 5.77. The van der Waals surface area contributed by atoms with Crippen molar-refractivity contribution in [3.63, 3.8) is 0 Å². The van der Waals surface area contributed by atoms with Crippen molar-refractivity contribution >= 4 is 5.97 Å². The number of esters is 1. The molecular weight excluding hydrogens is 164 g/mol. The predicted octanol–water partition coefficient (Wildman–Crippen LogP) is 2.38. The molecule has 0 aromatic carbocycles. The molecule has 0 amide bonds. The van der Waals surface area contributed by atoms with Crippen molar-refractivity contribution in [2.75, 3.05) is 6.61 Å². The number of ether oxygens (including phenoxy) is 1. The molecule has 2 rings (SSSR count). The van der Waals surface area contributed by atoms with Crippen LogP contribution in [0.25, 0.3) is 0 Å². The first kappa shape index (κ1) is 9.04. The second-order valence-electron chi connectivity index (χ2n) is 4.46. The summed E-state index contributed by atoms with van der Waals surface area (Å²) in [4.78, 5) is 11.6. The van der Waals surface area contributed by atoms with Crippen LogP contribution in [-0.4, -0.2) is 12.6 Å². The lowest BCUT2D eigenvalue weighted by Gasteiger charge is -2.06. The minimum Gasteiger partial charge on any atom is -0.466 e. The molecule has 13 heavy (non-hydrogen) atoms. The third-order valence-electron chi connectivity index (χ3n) is 3.99. The Morgan fingerprint density at radius 2 is 2.08 bits per heavy atom. The number of carbonyl (C=O) groups is 1. The van der Waals surface area contributed by atoms with Gasteiger partial charge in [-0.2, -0.15) is 0 Å². The van der Waals surface area contributed by atoms with Crippen molar-refractivity contribution < 1.29 is 9.53 Å². The first-order valence-electron chi connectivity index (χ1n) is 5.39. The Labute approximate surface area is 79.7 Å². The minimum absolute atomic E-state index is 0.0527. The fourth-order valence-electron chi connectivity index (χ4n) is 3.17. The van der Waals surface area contributed by atoms with Crippen molar-refractivity contribution in [2.24, 2.45) is 17.3 Å². The average molecular weight is 182 g/mol.